The quantitative estimate of drug-likeness (QED) is 0.538. The molecule has 0 aliphatic carbocycles. The minimum Gasteiger partial charge on any atom is -0.444 e. The molecule has 0 N–H and O–H groups in total. The van der Waals surface area contributed by atoms with Crippen molar-refractivity contribution in [2.24, 2.45) is 0 Å². The zero-order valence-corrected chi connectivity index (χ0v) is 17.9. The van der Waals surface area contributed by atoms with Crippen molar-refractivity contribution in [3.8, 4) is 0 Å². The maximum atomic E-state index is 12.0. The van der Waals surface area contributed by atoms with Crippen LogP contribution < -0.4 is 0 Å². The molecule has 0 aromatic carbocycles. The number of carbonyl (C=O) groups excluding carboxylic acids is 1. The summed E-state index contributed by atoms with van der Waals surface area (Å²) in [5.41, 5.74) is -0.439. The van der Waals surface area contributed by atoms with E-state index in [1.54, 1.807) is 4.90 Å². The van der Waals surface area contributed by atoms with E-state index in [1.165, 1.54) is 0 Å². The Hall–Kier alpha value is -0.593. The van der Waals surface area contributed by atoms with Crippen molar-refractivity contribution in [1.82, 2.24) is 4.90 Å². The van der Waals surface area contributed by atoms with Gasteiger partial charge in [-0.3, -0.25) is 0 Å². The van der Waals surface area contributed by atoms with E-state index in [0.717, 1.165) is 12.8 Å². The highest BCUT2D eigenvalue weighted by atomic mass is 28.4. The van der Waals surface area contributed by atoms with Crippen molar-refractivity contribution in [1.29, 1.82) is 0 Å². The smallest absolute Gasteiger partial charge is 0.410 e. The molecular formula is C18H37NO4Si. The SMILES string of the molecule is CC(C)(C)OC(=O)N1CCC(OCCO[Si](C)(C)C(C)(C)C)CC1. The Kier molecular flexibility index (Phi) is 7.32. The third kappa shape index (κ3) is 7.11. The van der Waals surface area contributed by atoms with E-state index in [0.29, 0.717) is 26.3 Å². The van der Waals surface area contributed by atoms with Gasteiger partial charge in [-0.15, -0.1) is 0 Å². The number of hydrogen-bond donors (Lipinski definition) is 0. The molecule has 0 aromatic rings. The molecule has 1 aliphatic heterocycles. The average Bonchev–Trinajstić information content (AvgIpc) is 2.41. The first-order valence-corrected chi connectivity index (χ1v) is 12.0. The Morgan fingerprint density at radius 1 is 1.04 bits per heavy atom. The molecule has 24 heavy (non-hydrogen) atoms. The summed E-state index contributed by atoms with van der Waals surface area (Å²) in [6, 6.07) is 0. The van der Waals surface area contributed by atoms with Gasteiger partial charge in [0.2, 0.25) is 0 Å². The molecule has 0 saturated carbocycles. The fourth-order valence-corrected chi connectivity index (χ4v) is 3.29. The van der Waals surface area contributed by atoms with Gasteiger partial charge < -0.3 is 18.8 Å². The lowest BCUT2D eigenvalue weighted by Gasteiger charge is -2.36. The van der Waals surface area contributed by atoms with Gasteiger partial charge >= 0.3 is 6.09 Å². The number of ether oxygens (including phenoxy) is 2. The van der Waals surface area contributed by atoms with Crippen LogP contribution in [-0.2, 0) is 13.9 Å². The third-order valence-electron chi connectivity index (χ3n) is 4.80. The largest absolute Gasteiger partial charge is 0.444 e. The van der Waals surface area contributed by atoms with Crippen molar-refractivity contribution in [3.63, 3.8) is 0 Å². The highest BCUT2D eigenvalue weighted by Gasteiger charge is 2.37. The van der Waals surface area contributed by atoms with Gasteiger partial charge in [0.05, 0.1) is 19.3 Å². The van der Waals surface area contributed by atoms with E-state index in [-0.39, 0.29) is 17.2 Å². The van der Waals surface area contributed by atoms with Gasteiger partial charge in [-0.2, -0.15) is 0 Å². The van der Waals surface area contributed by atoms with Crippen molar-refractivity contribution in [2.45, 2.75) is 84.2 Å². The van der Waals surface area contributed by atoms with E-state index >= 15 is 0 Å². The first kappa shape index (κ1) is 21.4. The summed E-state index contributed by atoms with van der Waals surface area (Å²) >= 11 is 0. The summed E-state index contributed by atoms with van der Waals surface area (Å²) in [5.74, 6) is 0. The Balaban J connectivity index is 2.24. The Bertz CT molecular complexity index is 404. The first-order chi connectivity index (χ1) is 10.8. The fourth-order valence-electron chi connectivity index (χ4n) is 2.26. The van der Waals surface area contributed by atoms with Crippen LogP contribution in [0.15, 0.2) is 0 Å². The molecule has 1 fully saturated rings. The molecule has 1 saturated heterocycles. The topological polar surface area (TPSA) is 48.0 Å². The van der Waals surface area contributed by atoms with Crippen LogP contribution in [0.5, 0.6) is 0 Å². The molecule has 0 atom stereocenters. The lowest BCUT2D eigenvalue weighted by molar-refractivity contribution is -0.0186. The summed E-state index contributed by atoms with van der Waals surface area (Å²) in [6.07, 6.45) is 1.72. The van der Waals surface area contributed by atoms with E-state index in [4.69, 9.17) is 13.9 Å². The second kappa shape index (κ2) is 8.19. The van der Waals surface area contributed by atoms with Crippen LogP contribution in [0.3, 0.4) is 0 Å². The molecule has 1 aliphatic rings. The summed E-state index contributed by atoms with van der Waals surface area (Å²) in [6.45, 7) is 19.6. The fraction of sp³-hybridized carbons (Fsp3) is 0.944. The van der Waals surface area contributed by atoms with Gasteiger partial charge in [-0.1, -0.05) is 20.8 Å². The van der Waals surface area contributed by atoms with Crippen LogP contribution in [-0.4, -0.2) is 57.3 Å². The molecule has 5 nitrogen and oxygen atoms in total. The normalized spacial score (nSPS) is 17.9. The van der Waals surface area contributed by atoms with Gasteiger partial charge in [-0.05, 0) is 51.7 Å². The number of hydrogen-bond acceptors (Lipinski definition) is 4. The minimum absolute atomic E-state index is 0.215. The van der Waals surface area contributed by atoms with E-state index in [9.17, 15) is 4.79 Å². The summed E-state index contributed by atoms with van der Waals surface area (Å²) in [7, 11) is -1.69. The predicted molar refractivity (Wildman–Crippen MR) is 99.9 cm³/mol. The van der Waals surface area contributed by atoms with Crippen molar-refractivity contribution in [2.75, 3.05) is 26.3 Å². The molecule has 6 heteroatoms. The van der Waals surface area contributed by atoms with Crippen molar-refractivity contribution < 1.29 is 18.7 Å². The Morgan fingerprint density at radius 2 is 1.58 bits per heavy atom. The lowest BCUT2D eigenvalue weighted by Crippen LogP contribution is -2.44. The molecular weight excluding hydrogens is 322 g/mol. The molecule has 1 heterocycles. The van der Waals surface area contributed by atoms with Crippen molar-refractivity contribution >= 4 is 14.4 Å². The van der Waals surface area contributed by atoms with Crippen LogP contribution in [0.25, 0.3) is 0 Å². The van der Waals surface area contributed by atoms with Gasteiger partial charge in [0.15, 0.2) is 8.32 Å². The average molecular weight is 360 g/mol. The van der Waals surface area contributed by atoms with Gasteiger partial charge in [-0.25, -0.2) is 4.79 Å². The first-order valence-electron chi connectivity index (χ1n) is 9.05. The standard InChI is InChI=1S/C18H37NO4Si/c1-17(2,3)23-16(20)19-11-9-15(10-12-19)21-13-14-22-24(7,8)18(4,5)6/h15H,9-14H2,1-8H3. The van der Waals surface area contributed by atoms with E-state index < -0.39 is 13.9 Å². The zero-order chi connectivity index (χ0) is 18.6. The number of carbonyl (C=O) groups is 1. The molecule has 0 spiro atoms. The van der Waals surface area contributed by atoms with Gasteiger partial charge in [0, 0.05) is 13.1 Å². The zero-order valence-electron chi connectivity index (χ0n) is 16.9. The minimum atomic E-state index is -1.69. The summed E-state index contributed by atoms with van der Waals surface area (Å²) in [4.78, 5) is 13.8. The number of likely N-dealkylation sites (tertiary alicyclic amines) is 1. The monoisotopic (exact) mass is 359 g/mol. The van der Waals surface area contributed by atoms with Crippen LogP contribution in [0.4, 0.5) is 4.79 Å². The number of rotatable bonds is 5. The molecule has 1 amide bonds. The van der Waals surface area contributed by atoms with Crippen LogP contribution in [0.1, 0.15) is 54.4 Å². The molecule has 0 aromatic heterocycles. The summed E-state index contributed by atoms with van der Waals surface area (Å²) < 4.78 is 17.5. The highest BCUT2D eigenvalue weighted by molar-refractivity contribution is 6.74. The second-order valence-electron chi connectivity index (χ2n) is 9.15. The maximum absolute atomic E-state index is 12.0. The third-order valence-corrected chi connectivity index (χ3v) is 9.34. The summed E-state index contributed by atoms with van der Waals surface area (Å²) in [5, 5.41) is 0.228. The van der Waals surface area contributed by atoms with Gasteiger partial charge in [0.1, 0.15) is 5.60 Å². The Labute approximate surface area is 149 Å². The van der Waals surface area contributed by atoms with E-state index in [1.807, 2.05) is 20.8 Å². The van der Waals surface area contributed by atoms with Crippen LogP contribution in [0, 0.1) is 0 Å². The molecule has 1 rings (SSSR count). The van der Waals surface area contributed by atoms with Gasteiger partial charge in [0.25, 0.3) is 0 Å². The predicted octanol–water partition coefficient (Wildman–Crippen LogP) is 4.42. The number of amides is 1. The molecule has 0 unspecified atom stereocenters. The van der Waals surface area contributed by atoms with E-state index in [2.05, 4.69) is 33.9 Å². The molecule has 0 radical (unpaired) electrons. The van der Waals surface area contributed by atoms with Crippen LogP contribution >= 0.6 is 0 Å². The maximum Gasteiger partial charge on any atom is 0.410 e. The number of nitrogens with zero attached hydrogens (tertiary/aromatic N) is 1. The molecule has 142 valence electrons. The highest BCUT2D eigenvalue weighted by Crippen LogP contribution is 2.36. The molecule has 0 bridgehead atoms. The Morgan fingerprint density at radius 3 is 2.04 bits per heavy atom. The second-order valence-corrected chi connectivity index (χ2v) is 14.0. The van der Waals surface area contributed by atoms with Crippen molar-refractivity contribution in [3.05, 3.63) is 0 Å². The lowest BCUT2D eigenvalue weighted by atomic mass is 10.1. The van der Waals surface area contributed by atoms with Crippen LogP contribution in [0.2, 0.25) is 18.1 Å². The number of piperidine rings is 1.